The Balaban J connectivity index is 0.00000106. The van der Waals surface area contributed by atoms with E-state index < -0.39 is 0 Å². The Morgan fingerprint density at radius 3 is 2.44 bits per heavy atom. The quantitative estimate of drug-likeness (QED) is 0.562. The summed E-state index contributed by atoms with van der Waals surface area (Å²) < 4.78 is 0. The van der Waals surface area contributed by atoms with Gasteiger partial charge in [-0.1, -0.05) is 47.9 Å². The highest BCUT2D eigenvalue weighted by Gasteiger charge is 2.12. The van der Waals surface area contributed by atoms with E-state index in [0.717, 1.165) is 12.7 Å². The lowest BCUT2D eigenvalue weighted by molar-refractivity contribution is 0.399. The predicted molar refractivity (Wildman–Crippen MR) is 73.0 cm³/mol. The smallest absolute Gasteiger partial charge is 0.312 e. The summed E-state index contributed by atoms with van der Waals surface area (Å²) in [5, 5.41) is 10.3. The van der Waals surface area contributed by atoms with Crippen molar-refractivity contribution in [3.8, 4) is 0 Å². The molecule has 1 aliphatic rings. The van der Waals surface area contributed by atoms with Gasteiger partial charge in [0, 0.05) is 7.11 Å². The molecule has 0 spiro atoms. The summed E-state index contributed by atoms with van der Waals surface area (Å²) in [6.07, 6.45) is 12.3. The Morgan fingerprint density at radius 2 is 2.00 bits per heavy atom. The highest BCUT2D eigenvalue weighted by molar-refractivity contribution is 6.70. The van der Waals surface area contributed by atoms with E-state index in [1.165, 1.54) is 5.47 Å². The maximum Gasteiger partial charge on any atom is 0.312 e. The van der Waals surface area contributed by atoms with Crippen LogP contribution in [0.3, 0.4) is 0 Å². The SMILES string of the molecule is C=C(C)/C=C\C(=C/C)B1C=CC=CN1.CO. The highest BCUT2D eigenvalue weighted by Crippen LogP contribution is 2.06. The zero-order chi connectivity index (χ0) is 12.4. The normalized spacial score (nSPS) is 14.5. The van der Waals surface area contributed by atoms with Crippen molar-refractivity contribution in [1.29, 1.82) is 0 Å². The van der Waals surface area contributed by atoms with Crippen molar-refractivity contribution in [2.24, 2.45) is 0 Å². The number of hydrogen-bond acceptors (Lipinski definition) is 2. The van der Waals surface area contributed by atoms with Gasteiger partial charge < -0.3 is 10.3 Å². The van der Waals surface area contributed by atoms with Gasteiger partial charge in [-0.15, -0.1) is 0 Å². The molecule has 1 rings (SSSR count). The van der Waals surface area contributed by atoms with Crippen molar-refractivity contribution in [2.45, 2.75) is 13.8 Å². The standard InChI is InChI=1S/C12H16BN.CH4O/c1-4-12(8-7-11(2)3)13-9-5-6-10-14-13;1-2/h4-10,14H,2H2,1,3H3;2H,1H3/b8-7-,12-4+;. The second kappa shape index (κ2) is 8.80. The zero-order valence-electron chi connectivity index (χ0n) is 10.3. The van der Waals surface area contributed by atoms with Crippen LogP contribution in [0.4, 0.5) is 0 Å². The Morgan fingerprint density at radius 1 is 1.31 bits per heavy atom. The molecule has 2 N–H and O–H groups in total. The van der Waals surface area contributed by atoms with E-state index >= 15 is 0 Å². The van der Waals surface area contributed by atoms with Crippen LogP contribution in [-0.2, 0) is 0 Å². The van der Waals surface area contributed by atoms with Crippen LogP contribution in [0.2, 0.25) is 0 Å². The van der Waals surface area contributed by atoms with Crippen molar-refractivity contribution < 1.29 is 5.11 Å². The molecule has 0 aromatic rings. The molecule has 0 saturated heterocycles. The molecule has 0 fully saturated rings. The molecule has 2 nitrogen and oxygen atoms in total. The molecule has 0 saturated carbocycles. The first-order valence-corrected chi connectivity index (χ1v) is 5.28. The molecule has 86 valence electrons. The number of rotatable bonds is 3. The van der Waals surface area contributed by atoms with Gasteiger partial charge in [-0.3, -0.25) is 0 Å². The fraction of sp³-hybridized carbons (Fsp3) is 0.231. The minimum atomic E-state index is 0.292. The van der Waals surface area contributed by atoms with Gasteiger partial charge >= 0.3 is 6.85 Å². The number of allylic oxidation sites excluding steroid dienone is 7. The van der Waals surface area contributed by atoms with E-state index in [0.29, 0.717) is 6.85 Å². The second-order valence-electron chi connectivity index (χ2n) is 3.36. The maximum atomic E-state index is 7.00. The molecule has 0 aromatic heterocycles. The number of hydrogen-bond donors (Lipinski definition) is 2. The molecule has 0 radical (unpaired) electrons. The molecular weight excluding hydrogens is 197 g/mol. The average Bonchev–Trinajstić information content (AvgIpc) is 2.33. The van der Waals surface area contributed by atoms with Crippen molar-refractivity contribution in [1.82, 2.24) is 5.23 Å². The minimum absolute atomic E-state index is 0.292. The Labute approximate surface area is 98.9 Å². The van der Waals surface area contributed by atoms with Crippen LogP contribution in [-0.4, -0.2) is 19.1 Å². The van der Waals surface area contributed by atoms with Crippen LogP contribution in [0.15, 0.2) is 60.2 Å². The van der Waals surface area contributed by atoms with E-state index in [1.807, 2.05) is 32.2 Å². The summed E-state index contributed by atoms with van der Waals surface area (Å²) in [4.78, 5) is 0. The first-order chi connectivity index (χ1) is 7.74. The molecule has 1 heterocycles. The van der Waals surface area contributed by atoms with Crippen molar-refractivity contribution in [3.05, 3.63) is 60.2 Å². The molecule has 0 unspecified atom stereocenters. The average molecular weight is 217 g/mol. The number of nitrogens with one attached hydrogen (secondary N) is 1. The molecule has 0 bridgehead atoms. The van der Waals surface area contributed by atoms with Gasteiger partial charge in [-0.25, -0.2) is 0 Å². The van der Waals surface area contributed by atoms with Gasteiger partial charge in [0.25, 0.3) is 0 Å². The van der Waals surface area contributed by atoms with E-state index in [1.54, 1.807) is 0 Å². The number of aliphatic hydroxyl groups excluding tert-OH is 1. The lowest BCUT2D eigenvalue weighted by Crippen LogP contribution is -2.31. The van der Waals surface area contributed by atoms with E-state index in [-0.39, 0.29) is 0 Å². The van der Waals surface area contributed by atoms with Crippen LogP contribution >= 0.6 is 0 Å². The third-order valence-corrected chi connectivity index (χ3v) is 2.04. The van der Waals surface area contributed by atoms with Gasteiger partial charge in [-0.05, 0) is 26.1 Å². The monoisotopic (exact) mass is 217 g/mol. The topological polar surface area (TPSA) is 32.3 Å². The van der Waals surface area contributed by atoms with Gasteiger partial charge in [-0.2, -0.15) is 0 Å². The van der Waals surface area contributed by atoms with Crippen molar-refractivity contribution in [3.63, 3.8) is 0 Å². The summed E-state index contributed by atoms with van der Waals surface area (Å²) in [7, 11) is 1.00. The third kappa shape index (κ3) is 5.42. The van der Waals surface area contributed by atoms with Crippen LogP contribution in [0.25, 0.3) is 0 Å². The van der Waals surface area contributed by atoms with Crippen LogP contribution in [0, 0.1) is 0 Å². The fourth-order valence-electron chi connectivity index (χ4n) is 1.27. The molecular formula is C13H20BNO. The van der Waals surface area contributed by atoms with Gasteiger partial charge in [0.15, 0.2) is 0 Å². The lowest BCUT2D eigenvalue weighted by atomic mass is 9.54. The molecule has 0 atom stereocenters. The van der Waals surface area contributed by atoms with Crippen LogP contribution in [0.5, 0.6) is 0 Å². The van der Waals surface area contributed by atoms with E-state index in [9.17, 15) is 0 Å². The van der Waals surface area contributed by atoms with Crippen LogP contribution in [0.1, 0.15) is 13.8 Å². The molecule has 16 heavy (non-hydrogen) atoms. The maximum absolute atomic E-state index is 7.00. The Bertz CT molecular complexity index is 327. The second-order valence-corrected chi connectivity index (χ2v) is 3.36. The molecule has 1 aliphatic heterocycles. The Kier molecular flexibility index (Phi) is 7.99. The first-order valence-electron chi connectivity index (χ1n) is 5.28. The molecule has 0 aliphatic carbocycles. The van der Waals surface area contributed by atoms with Crippen LogP contribution < -0.4 is 5.23 Å². The highest BCUT2D eigenvalue weighted by atomic mass is 16.2. The van der Waals surface area contributed by atoms with Gasteiger partial charge in [0.1, 0.15) is 0 Å². The third-order valence-electron chi connectivity index (χ3n) is 2.04. The first kappa shape index (κ1) is 14.5. The Hall–Kier alpha value is -1.48. The minimum Gasteiger partial charge on any atom is -0.427 e. The summed E-state index contributed by atoms with van der Waals surface area (Å²) >= 11 is 0. The predicted octanol–water partition coefficient (Wildman–Crippen LogP) is 2.42. The summed E-state index contributed by atoms with van der Waals surface area (Å²) in [5.74, 6) is 2.14. The molecule has 0 amide bonds. The van der Waals surface area contributed by atoms with Gasteiger partial charge in [0.2, 0.25) is 0 Å². The van der Waals surface area contributed by atoms with Crippen molar-refractivity contribution >= 4 is 6.85 Å². The summed E-state index contributed by atoms with van der Waals surface area (Å²) in [5.41, 5.74) is 2.33. The largest absolute Gasteiger partial charge is 0.427 e. The summed E-state index contributed by atoms with van der Waals surface area (Å²) in [6, 6.07) is 0. The van der Waals surface area contributed by atoms with Gasteiger partial charge in [0.05, 0.1) is 0 Å². The molecule has 0 aromatic carbocycles. The molecule has 3 heteroatoms. The summed E-state index contributed by atoms with van der Waals surface area (Å²) in [6.45, 7) is 8.17. The zero-order valence-corrected chi connectivity index (χ0v) is 10.3. The van der Waals surface area contributed by atoms with E-state index in [4.69, 9.17) is 5.11 Å². The number of aliphatic hydroxyl groups is 1. The lowest BCUT2D eigenvalue weighted by Gasteiger charge is -2.12. The van der Waals surface area contributed by atoms with E-state index in [2.05, 4.69) is 36.0 Å². The van der Waals surface area contributed by atoms with Crippen molar-refractivity contribution in [2.75, 3.05) is 7.11 Å². The fourth-order valence-corrected chi connectivity index (χ4v) is 1.27.